The van der Waals surface area contributed by atoms with Crippen LogP contribution in [0.3, 0.4) is 0 Å². The number of nitrogens with zero attached hydrogens (tertiary/aromatic N) is 1. The van der Waals surface area contributed by atoms with Crippen LogP contribution < -0.4 is 10.6 Å². The Hall–Kier alpha value is -1.06. The van der Waals surface area contributed by atoms with E-state index in [2.05, 4.69) is 0 Å². The molecule has 3 heteroatoms. The zero-order valence-electron chi connectivity index (χ0n) is 9.48. The molecular weight excluding hydrogens is 188 g/mol. The molecule has 0 aliphatic rings. The number of nitrogens with two attached hydrogens (primary N) is 1. The smallest absolute Gasteiger partial charge is 0.0790 e. The van der Waals surface area contributed by atoms with Crippen molar-refractivity contribution in [1.29, 1.82) is 0 Å². The minimum atomic E-state index is -0.384. The fourth-order valence-corrected chi connectivity index (χ4v) is 1.47. The Morgan fingerprint density at radius 3 is 2.33 bits per heavy atom. The third kappa shape index (κ3) is 3.53. The summed E-state index contributed by atoms with van der Waals surface area (Å²) in [6.07, 6.45) is 1.21. The van der Waals surface area contributed by atoms with Crippen LogP contribution in [0, 0.1) is 0 Å². The molecule has 1 aromatic carbocycles. The molecule has 0 aliphatic carbocycles. The molecule has 0 saturated heterocycles. The Morgan fingerprint density at radius 2 is 1.87 bits per heavy atom. The van der Waals surface area contributed by atoms with Crippen molar-refractivity contribution in [3.8, 4) is 0 Å². The fourth-order valence-electron chi connectivity index (χ4n) is 1.47. The van der Waals surface area contributed by atoms with Crippen LogP contribution in [0.4, 0.5) is 5.69 Å². The normalized spacial score (nSPS) is 12.5. The molecular formula is C12H20N2O. The summed E-state index contributed by atoms with van der Waals surface area (Å²) in [5.74, 6) is 0. The number of hydrogen-bond donors (Lipinski definition) is 2. The van der Waals surface area contributed by atoms with Crippen LogP contribution in [0.1, 0.15) is 24.5 Å². The molecule has 0 bridgehead atoms. The van der Waals surface area contributed by atoms with Gasteiger partial charge in [-0.3, -0.25) is 0 Å². The summed E-state index contributed by atoms with van der Waals surface area (Å²) < 4.78 is 0. The van der Waals surface area contributed by atoms with Crippen molar-refractivity contribution < 1.29 is 5.11 Å². The van der Waals surface area contributed by atoms with Crippen molar-refractivity contribution in [3.05, 3.63) is 29.8 Å². The van der Waals surface area contributed by atoms with Gasteiger partial charge in [-0.25, -0.2) is 0 Å². The maximum Gasteiger partial charge on any atom is 0.0790 e. The van der Waals surface area contributed by atoms with E-state index in [4.69, 9.17) is 5.73 Å². The lowest BCUT2D eigenvalue weighted by Crippen LogP contribution is -2.09. The van der Waals surface area contributed by atoms with Gasteiger partial charge in [-0.15, -0.1) is 0 Å². The fraction of sp³-hybridized carbons (Fsp3) is 0.500. The number of aliphatic hydroxyl groups excluding tert-OH is 1. The predicted molar refractivity (Wildman–Crippen MR) is 64.0 cm³/mol. The molecule has 0 aromatic heterocycles. The van der Waals surface area contributed by atoms with Gasteiger partial charge in [0, 0.05) is 19.8 Å². The molecule has 0 amide bonds. The summed E-state index contributed by atoms with van der Waals surface area (Å²) in [5, 5.41) is 9.81. The highest BCUT2D eigenvalue weighted by Gasteiger charge is 2.06. The lowest BCUT2D eigenvalue weighted by Gasteiger charge is -2.15. The first kappa shape index (κ1) is 12.0. The Kier molecular flexibility index (Phi) is 4.59. The van der Waals surface area contributed by atoms with E-state index in [1.54, 1.807) is 0 Å². The van der Waals surface area contributed by atoms with Crippen molar-refractivity contribution in [2.75, 3.05) is 25.5 Å². The van der Waals surface area contributed by atoms with Crippen LogP contribution in [0.25, 0.3) is 0 Å². The highest BCUT2D eigenvalue weighted by atomic mass is 16.3. The first-order chi connectivity index (χ1) is 7.15. The number of hydrogen-bond acceptors (Lipinski definition) is 3. The van der Waals surface area contributed by atoms with Crippen LogP contribution in [-0.2, 0) is 0 Å². The zero-order valence-corrected chi connectivity index (χ0v) is 9.48. The topological polar surface area (TPSA) is 49.5 Å². The molecule has 3 N–H and O–H groups in total. The van der Waals surface area contributed by atoms with Crippen molar-refractivity contribution in [2.45, 2.75) is 18.9 Å². The molecule has 1 atom stereocenters. The van der Waals surface area contributed by atoms with E-state index in [0.717, 1.165) is 24.1 Å². The second-order valence-corrected chi connectivity index (χ2v) is 3.93. The van der Waals surface area contributed by atoms with E-state index in [1.165, 1.54) is 0 Å². The summed E-state index contributed by atoms with van der Waals surface area (Å²) in [6.45, 7) is 0.632. The lowest BCUT2D eigenvalue weighted by molar-refractivity contribution is 0.165. The van der Waals surface area contributed by atoms with Gasteiger partial charge >= 0.3 is 0 Å². The molecule has 0 heterocycles. The van der Waals surface area contributed by atoms with Crippen LogP contribution in [-0.4, -0.2) is 25.7 Å². The second kappa shape index (κ2) is 5.73. The number of benzene rings is 1. The molecule has 1 unspecified atom stereocenters. The number of aliphatic hydroxyl groups is 1. The van der Waals surface area contributed by atoms with Gasteiger partial charge in [-0.1, -0.05) is 12.1 Å². The van der Waals surface area contributed by atoms with E-state index in [9.17, 15) is 5.11 Å². The molecule has 0 spiro atoms. The van der Waals surface area contributed by atoms with Gasteiger partial charge in [-0.05, 0) is 37.1 Å². The van der Waals surface area contributed by atoms with E-state index < -0.39 is 0 Å². The third-order valence-corrected chi connectivity index (χ3v) is 2.48. The maximum atomic E-state index is 9.81. The second-order valence-electron chi connectivity index (χ2n) is 3.93. The van der Waals surface area contributed by atoms with Crippen LogP contribution in [0.2, 0.25) is 0 Å². The van der Waals surface area contributed by atoms with E-state index in [-0.39, 0.29) is 6.10 Å². The molecule has 15 heavy (non-hydrogen) atoms. The maximum absolute atomic E-state index is 9.81. The van der Waals surface area contributed by atoms with Gasteiger partial charge in [0.05, 0.1) is 6.10 Å². The minimum absolute atomic E-state index is 0.384. The highest BCUT2D eigenvalue weighted by molar-refractivity contribution is 5.46. The Morgan fingerprint density at radius 1 is 1.27 bits per heavy atom. The van der Waals surface area contributed by atoms with Crippen LogP contribution in [0.5, 0.6) is 0 Å². The Balaban J connectivity index is 2.62. The molecule has 3 nitrogen and oxygen atoms in total. The van der Waals surface area contributed by atoms with Gasteiger partial charge in [0.2, 0.25) is 0 Å². The van der Waals surface area contributed by atoms with Crippen molar-refractivity contribution in [1.82, 2.24) is 0 Å². The van der Waals surface area contributed by atoms with Gasteiger partial charge in [0.1, 0.15) is 0 Å². The molecule has 1 rings (SSSR count). The number of rotatable bonds is 5. The standard InChI is InChI=1S/C12H20N2O/c1-14(2)11-7-5-10(6-8-11)12(15)4-3-9-13/h5-8,12,15H,3-4,9,13H2,1-2H3. The quantitative estimate of drug-likeness (QED) is 0.771. The SMILES string of the molecule is CN(C)c1ccc(C(O)CCCN)cc1. The van der Waals surface area contributed by atoms with Gasteiger partial charge in [0.15, 0.2) is 0 Å². The number of anilines is 1. The summed E-state index contributed by atoms with van der Waals surface area (Å²) >= 11 is 0. The van der Waals surface area contributed by atoms with Crippen LogP contribution in [0.15, 0.2) is 24.3 Å². The Bertz CT molecular complexity index is 282. The van der Waals surface area contributed by atoms with E-state index in [1.807, 2.05) is 43.3 Å². The highest BCUT2D eigenvalue weighted by Crippen LogP contribution is 2.20. The van der Waals surface area contributed by atoms with Crippen molar-refractivity contribution in [3.63, 3.8) is 0 Å². The molecule has 0 radical (unpaired) electrons. The monoisotopic (exact) mass is 208 g/mol. The van der Waals surface area contributed by atoms with Gasteiger partial charge in [0.25, 0.3) is 0 Å². The van der Waals surface area contributed by atoms with E-state index >= 15 is 0 Å². The lowest BCUT2D eigenvalue weighted by atomic mass is 10.0. The molecule has 0 fully saturated rings. The predicted octanol–water partition coefficient (Wildman–Crippen LogP) is 1.52. The molecule has 84 valence electrons. The summed E-state index contributed by atoms with van der Waals surface area (Å²) in [5.41, 5.74) is 7.51. The van der Waals surface area contributed by atoms with E-state index in [0.29, 0.717) is 6.54 Å². The van der Waals surface area contributed by atoms with Gasteiger partial charge < -0.3 is 15.7 Å². The van der Waals surface area contributed by atoms with Crippen LogP contribution >= 0.6 is 0 Å². The average molecular weight is 208 g/mol. The minimum Gasteiger partial charge on any atom is -0.388 e. The van der Waals surface area contributed by atoms with Crippen molar-refractivity contribution in [2.24, 2.45) is 5.73 Å². The first-order valence-electron chi connectivity index (χ1n) is 5.30. The largest absolute Gasteiger partial charge is 0.388 e. The van der Waals surface area contributed by atoms with Crippen molar-refractivity contribution >= 4 is 5.69 Å². The Labute approximate surface area is 91.5 Å². The average Bonchev–Trinajstić information content (AvgIpc) is 2.26. The molecule has 1 aromatic rings. The third-order valence-electron chi connectivity index (χ3n) is 2.48. The summed E-state index contributed by atoms with van der Waals surface area (Å²) in [4.78, 5) is 2.04. The molecule has 0 saturated carbocycles. The summed E-state index contributed by atoms with van der Waals surface area (Å²) in [7, 11) is 4.00. The molecule has 0 aliphatic heterocycles. The van der Waals surface area contributed by atoms with Gasteiger partial charge in [-0.2, -0.15) is 0 Å². The zero-order chi connectivity index (χ0) is 11.3. The summed E-state index contributed by atoms with van der Waals surface area (Å²) in [6, 6.07) is 7.97. The first-order valence-corrected chi connectivity index (χ1v) is 5.30.